The van der Waals surface area contributed by atoms with Gasteiger partial charge >= 0.3 is 0 Å². The van der Waals surface area contributed by atoms with Gasteiger partial charge in [0.15, 0.2) is 0 Å². The molecule has 2 rings (SSSR count). The molecule has 1 heteroatoms. The first-order chi connectivity index (χ1) is 9.45. The highest BCUT2D eigenvalue weighted by Crippen LogP contribution is 2.45. The third-order valence-corrected chi connectivity index (χ3v) is 5.28. The Morgan fingerprint density at radius 1 is 1.25 bits per heavy atom. The molecular weight excluding hydrogens is 242 g/mol. The van der Waals surface area contributed by atoms with Crippen molar-refractivity contribution in [2.75, 3.05) is 13.1 Å². The first-order valence-electron chi connectivity index (χ1n) is 8.24. The molecule has 1 nitrogen and oxygen atoms in total. The van der Waals surface area contributed by atoms with Crippen LogP contribution in [0.4, 0.5) is 0 Å². The topological polar surface area (TPSA) is 12.0 Å². The number of rotatable bonds is 5. The third kappa shape index (κ3) is 3.09. The molecular formula is C19H31N. The van der Waals surface area contributed by atoms with Crippen LogP contribution in [0.1, 0.15) is 56.7 Å². The van der Waals surface area contributed by atoms with Crippen LogP contribution in [0.25, 0.3) is 0 Å². The molecule has 1 N–H and O–H groups in total. The van der Waals surface area contributed by atoms with Crippen LogP contribution in [-0.2, 0) is 5.41 Å². The van der Waals surface area contributed by atoms with Gasteiger partial charge in [0.05, 0.1) is 0 Å². The summed E-state index contributed by atoms with van der Waals surface area (Å²) in [5.74, 6) is 1.51. The molecule has 2 atom stereocenters. The van der Waals surface area contributed by atoms with Gasteiger partial charge in [-0.25, -0.2) is 0 Å². The lowest BCUT2D eigenvalue weighted by Gasteiger charge is -2.36. The molecule has 0 saturated heterocycles. The summed E-state index contributed by atoms with van der Waals surface area (Å²) in [5, 5.41) is 3.73. The van der Waals surface area contributed by atoms with Gasteiger partial charge in [0, 0.05) is 12.0 Å². The maximum atomic E-state index is 3.73. The Kier molecular flexibility index (Phi) is 4.90. The monoisotopic (exact) mass is 273 g/mol. The fourth-order valence-electron chi connectivity index (χ4n) is 3.67. The average molecular weight is 273 g/mol. The van der Waals surface area contributed by atoms with Crippen LogP contribution in [0.5, 0.6) is 0 Å². The molecule has 1 aliphatic rings. The smallest absolute Gasteiger partial charge is 0.0103 e. The Morgan fingerprint density at radius 2 is 2.00 bits per heavy atom. The highest BCUT2D eigenvalue weighted by Gasteiger charge is 2.41. The fraction of sp³-hybridized carbons (Fsp3) is 0.684. The maximum absolute atomic E-state index is 3.73. The Bertz CT molecular complexity index is 449. The lowest BCUT2D eigenvalue weighted by Crippen LogP contribution is -2.41. The van der Waals surface area contributed by atoms with E-state index in [1.165, 1.54) is 30.4 Å². The van der Waals surface area contributed by atoms with Crippen LogP contribution < -0.4 is 5.32 Å². The van der Waals surface area contributed by atoms with Gasteiger partial charge in [-0.05, 0) is 61.8 Å². The molecule has 0 spiro atoms. The van der Waals surface area contributed by atoms with E-state index in [0.717, 1.165) is 24.9 Å². The number of benzene rings is 1. The molecule has 20 heavy (non-hydrogen) atoms. The van der Waals surface area contributed by atoms with E-state index in [0.29, 0.717) is 5.41 Å². The minimum absolute atomic E-state index is 0.355. The van der Waals surface area contributed by atoms with Gasteiger partial charge in [0.2, 0.25) is 0 Å². The van der Waals surface area contributed by atoms with Gasteiger partial charge in [-0.2, -0.15) is 0 Å². The molecule has 1 aliphatic carbocycles. The predicted octanol–water partition coefficient (Wildman–Crippen LogP) is 4.61. The molecule has 0 heterocycles. The Balaban J connectivity index is 2.24. The minimum atomic E-state index is 0.355. The molecule has 0 aliphatic heterocycles. The van der Waals surface area contributed by atoms with Crippen molar-refractivity contribution in [3.05, 3.63) is 34.9 Å². The van der Waals surface area contributed by atoms with E-state index < -0.39 is 0 Å². The minimum Gasteiger partial charge on any atom is -0.316 e. The molecule has 0 amide bonds. The normalized spacial score (nSPS) is 26.4. The van der Waals surface area contributed by atoms with Crippen molar-refractivity contribution in [3.8, 4) is 0 Å². The summed E-state index contributed by atoms with van der Waals surface area (Å²) in [5.41, 5.74) is 4.75. The summed E-state index contributed by atoms with van der Waals surface area (Å²) in [6.45, 7) is 13.7. The fourth-order valence-corrected chi connectivity index (χ4v) is 3.67. The van der Waals surface area contributed by atoms with Gasteiger partial charge in [-0.15, -0.1) is 0 Å². The maximum Gasteiger partial charge on any atom is 0.0103 e. The Hall–Kier alpha value is -0.820. The average Bonchev–Trinajstić information content (AvgIpc) is 2.75. The van der Waals surface area contributed by atoms with Crippen molar-refractivity contribution in [2.45, 2.75) is 59.3 Å². The second-order valence-electron chi connectivity index (χ2n) is 7.27. The van der Waals surface area contributed by atoms with E-state index in [4.69, 9.17) is 0 Å². The highest BCUT2D eigenvalue weighted by molar-refractivity contribution is 5.36. The summed E-state index contributed by atoms with van der Waals surface area (Å²) in [6, 6.07) is 7.12. The number of hydrogen-bond donors (Lipinski definition) is 1. The van der Waals surface area contributed by atoms with E-state index in [2.05, 4.69) is 58.1 Å². The van der Waals surface area contributed by atoms with E-state index in [-0.39, 0.29) is 0 Å². The van der Waals surface area contributed by atoms with Crippen LogP contribution in [0.15, 0.2) is 18.2 Å². The number of nitrogens with one attached hydrogen (secondary N) is 1. The predicted molar refractivity (Wildman–Crippen MR) is 88.3 cm³/mol. The summed E-state index contributed by atoms with van der Waals surface area (Å²) in [4.78, 5) is 0. The molecule has 0 radical (unpaired) electrons. The van der Waals surface area contributed by atoms with Gasteiger partial charge in [0.1, 0.15) is 0 Å². The second-order valence-corrected chi connectivity index (χ2v) is 7.27. The van der Waals surface area contributed by atoms with Gasteiger partial charge in [0.25, 0.3) is 0 Å². The molecule has 2 unspecified atom stereocenters. The number of aryl methyl sites for hydroxylation is 2. The van der Waals surface area contributed by atoms with Crippen molar-refractivity contribution in [1.82, 2.24) is 5.32 Å². The lowest BCUT2D eigenvalue weighted by atomic mass is 9.72. The van der Waals surface area contributed by atoms with Crippen LogP contribution in [0.3, 0.4) is 0 Å². The zero-order chi connectivity index (χ0) is 14.8. The van der Waals surface area contributed by atoms with Crippen LogP contribution in [-0.4, -0.2) is 13.1 Å². The summed E-state index contributed by atoms with van der Waals surface area (Å²) >= 11 is 0. The molecule has 0 aromatic heterocycles. The Morgan fingerprint density at radius 3 is 2.55 bits per heavy atom. The van der Waals surface area contributed by atoms with E-state index >= 15 is 0 Å². The molecule has 1 saturated carbocycles. The van der Waals surface area contributed by atoms with E-state index in [1.54, 1.807) is 5.56 Å². The molecule has 0 bridgehead atoms. The van der Waals surface area contributed by atoms with Gasteiger partial charge in [-0.1, -0.05) is 45.4 Å². The largest absolute Gasteiger partial charge is 0.316 e. The van der Waals surface area contributed by atoms with Gasteiger partial charge in [-0.3, -0.25) is 0 Å². The molecule has 1 aromatic carbocycles. The molecule has 1 fully saturated rings. The summed E-state index contributed by atoms with van der Waals surface area (Å²) in [6.07, 6.45) is 4.08. The first kappa shape index (κ1) is 15.6. The highest BCUT2D eigenvalue weighted by atomic mass is 14.9. The van der Waals surface area contributed by atoms with Crippen molar-refractivity contribution < 1.29 is 0 Å². The quantitative estimate of drug-likeness (QED) is 0.826. The summed E-state index contributed by atoms with van der Waals surface area (Å²) < 4.78 is 0. The standard InChI is InChI=1S/C19H31N/c1-14(2)12-20-13-19(10-6-7-17(19)5)18-9-8-15(3)16(4)11-18/h8-9,11,14,17,20H,6-7,10,12-13H2,1-5H3. The van der Waals surface area contributed by atoms with Crippen molar-refractivity contribution in [3.63, 3.8) is 0 Å². The van der Waals surface area contributed by atoms with Crippen LogP contribution in [0.2, 0.25) is 0 Å². The van der Waals surface area contributed by atoms with Crippen LogP contribution >= 0.6 is 0 Å². The lowest BCUT2D eigenvalue weighted by molar-refractivity contribution is 0.311. The third-order valence-electron chi connectivity index (χ3n) is 5.28. The molecule has 112 valence electrons. The van der Waals surface area contributed by atoms with Gasteiger partial charge < -0.3 is 5.32 Å². The Labute approximate surface area is 125 Å². The second kappa shape index (κ2) is 6.30. The van der Waals surface area contributed by atoms with Crippen molar-refractivity contribution in [2.24, 2.45) is 11.8 Å². The zero-order valence-electron chi connectivity index (χ0n) is 13.9. The van der Waals surface area contributed by atoms with E-state index in [9.17, 15) is 0 Å². The molecule has 1 aromatic rings. The van der Waals surface area contributed by atoms with Crippen molar-refractivity contribution >= 4 is 0 Å². The SMILES string of the molecule is Cc1ccc(C2(CNCC(C)C)CCCC2C)cc1C. The summed E-state index contributed by atoms with van der Waals surface area (Å²) in [7, 11) is 0. The van der Waals surface area contributed by atoms with Crippen LogP contribution in [0, 0.1) is 25.7 Å². The zero-order valence-corrected chi connectivity index (χ0v) is 13.9. The first-order valence-corrected chi connectivity index (χ1v) is 8.24. The number of hydrogen-bond acceptors (Lipinski definition) is 1. The van der Waals surface area contributed by atoms with E-state index in [1.807, 2.05) is 0 Å². The van der Waals surface area contributed by atoms with Crippen molar-refractivity contribution in [1.29, 1.82) is 0 Å².